The number of nitrogens with zero attached hydrogens (tertiary/aromatic N) is 3. The van der Waals surface area contributed by atoms with Gasteiger partial charge in [0.15, 0.2) is 0 Å². The average molecular weight is 356 g/mol. The minimum absolute atomic E-state index is 0.289. The highest BCUT2D eigenvalue weighted by Gasteiger charge is 2.39. The fourth-order valence-electron chi connectivity index (χ4n) is 3.89. The Morgan fingerprint density at radius 2 is 1.92 bits per heavy atom. The van der Waals surface area contributed by atoms with Gasteiger partial charge in [0.2, 0.25) is 10.0 Å². The molecule has 1 saturated heterocycles. The molecule has 1 saturated carbocycles. The maximum absolute atomic E-state index is 13.0. The molecule has 2 heterocycles. The summed E-state index contributed by atoms with van der Waals surface area (Å²) in [6.07, 6.45) is 6.69. The smallest absolute Gasteiger partial charge is 0.244 e. The Kier molecular flexibility index (Phi) is 5.29. The van der Waals surface area contributed by atoms with Crippen LogP contribution in [0.2, 0.25) is 0 Å². The normalized spacial score (nSPS) is 22.6. The van der Waals surface area contributed by atoms with Gasteiger partial charge in [-0.25, -0.2) is 13.1 Å². The van der Waals surface area contributed by atoms with E-state index in [9.17, 15) is 8.42 Å². The summed E-state index contributed by atoms with van der Waals surface area (Å²) in [5, 5.41) is 4.18. The van der Waals surface area contributed by atoms with Gasteiger partial charge in [-0.15, -0.1) is 0 Å². The molecule has 0 bridgehead atoms. The fourth-order valence-corrected chi connectivity index (χ4v) is 5.56. The van der Waals surface area contributed by atoms with Crippen molar-refractivity contribution < 1.29 is 13.2 Å². The molecule has 2 aliphatic rings. The molecule has 7 nitrogen and oxygen atoms in total. The Labute approximate surface area is 144 Å². The molecule has 136 valence electrons. The standard InChI is InChI=1S/C16H28N4O3S/c1-14-15(12-19(2)17-14)24(21,22)18-16(6-4-3-5-7-16)13-20-8-10-23-11-9-20/h12,18H,3-11,13H2,1-2H3. The molecule has 1 aromatic heterocycles. The zero-order chi connectivity index (χ0) is 17.2. The quantitative estimate of drug-likeness (QED) is 0.853. The molecule has 0 spiro atoms. The van der Waals surface area contributed by atoms with E-state index in [-0.39, 0.29) is 10.4 Å². The van der Waals surface area contributed by atoms with Gasteiger partial charge in [-0.2, -0.15) is 5.10 Å². The molecule has 1 aliphatic heterocycles. The first kappa shape index (κ1) is 17.8. The number of aryl methyl sites for hydroxylation is 2. The molecule has 8 heteroatoms. The van der Waals surface area contributed by atoms with Gasteiger partial charge in [0, 0.05) is 38.4 Å². The van der Waals surface area contributed by atoms with Gasteiger partial charge < -0.3 is 4.74 Å². The molecular formula is C16H28N4O3S. The van der Waals surface area contributed by atoms with Crippen LogP contribution in [0.4, 0.5) is 0 Å². The highest BCUT2D eigenvalue weighted by molar-refractivity contribution is 7.89. The summed E-state index contributed by atoms with van der Waals surface area (Å²) in [7, 11) is -1.82. The van der Waals surface area contributed by atoms with Crippen LogP contribution >= 0.6 is 0 Å². The Morgan fingerprint density at radius 1 is 1.25 bits per heavy atom. The van der Waals surface area contributed by atoms with Crippen LogP contribution < -0.4 is 4.72 Å². The molecular weight excluding hydrogens is 328 g/mol. The highest BCUT2D eigenvalue weighted by atomic mass is 32.2. The lowest BCUT2D eigenvalue weighted by Gasteiger charge is -2.42. The zero-order valence-electron chi connectivity index (χ0n) is 14.6. The topological polar surface area (TPSA) is 76.5 Å². The van der Waals surface area contributed by atoms with Crippen LogP contribution in [-0.4, -0.2) is 61.5 Å². The Hall–Kier alpha value is -0.960. The number of hydrogen-bond donors (Lipinski definition) is 1. The van der Waals surface area contributed by atoms with E-state index in [0.29, 0.717) is 5.69 Å². The van der Waals surface area contributed by atoms with Crippen molar-refractivity contribution in [3.05, 3.63) is 11.9 Å². The first-order valence-electron chi connectivity index (χ1n) is 8.75. The predicted octanol–water partition coefficient (Wildman–Crippen LogP) is 1.04. The molecule has 0 atom stereocenters. The van der Waals surface area contributed by atoms with E-state index in [1.54, 1.807) is 24.9 Å². The van der Waals surface area contributed by atoms with Crippen molar-refractivity contribution in [1.29, 1.82) is 0 Å². The molecule has 0 unspecified atom stereocenters. The number of hydrogen-bond acceptors (Lipinski definition) is 5. The SMILES string of the molecule is Cc1nn(C)cc1S(=O)(=O)NC1(CN2CCOCC2)CCCCC1. The van der Waals surface area contributed by atoms with Crippen LogP contribution in [0.3, 0.4) is 0 Å². The van der Waals surface area contributed by atoms with Crippen LogP contribution in [0.5, 0.6) is 0 Å². The lowest BCUT2D eigenvalue weighted by molar-refractivity contribution is 0.0214. The van der Waals surface area contributed by atoms with E-state index in [4.69, 9.17) is 4.74 Å². The van der Waals surface area contributed by atoms with Crippen molar-refractivity contribution in [1.82, 2.24) is 19.4 Å². The summed E-state index contributed by atoms with van der Waals surface area (Å²) in [6, 6.07) is 0. The summed E-state index contributed by atoms with van der Waals surface area (Å²) in [6.45, 7) is 5.69. The molecule has 1 N–H and O–H groups in total. The molecule has 0 amide bonds. The second-order valence-corrected chi connectivity index (χ2v) is 8.74. The van der Waals surface area contributed by atoms with Gasteiger partial charge >= 0.3 is 0 Å². The lowest BCUT2D eigenvalue weighted by Crippen LogP contribution is -2.57. The third-order valence-corrected chi connectivity index (χ3v) is 6.73. The van der Waals surface area contributed by atoms with Crippen LogP contribution in [0, 0.1) is 6.92 Å². The largest absolute Gasteiger partial charge is 0.379 e. The minimum atomic E-state index is -3.57. The van der Waals surface area contributed by atoms with Crippen LogP contribution in [-0.2, 0) is 21.8 Å². The first-order chi connectivity index (χ1) is 11.4. The molecule has 3 rings (SSSR count). The third-order valence-electron chi connectivity index (χ3n) is 5.05. The lowest BCUT2D eigenvalue weighted by atomic mass is 9.82. The van der Waals surface area contributed by atoms with Gasteiger partial charge in [-0.05, 0) is 19.8 Å². The van der Waals surface area contributed by atoms with Gasteiger partial charge in [-0.1, -0.05) is 19.3 Å². The number of rotatable bonds is 5. The molecule has 0 radical (unpaired) electrons. The second-order valence-electron chi connectivity index (χ2n) is 7.09. The van der Waals surface area contributed by atoms with Crippen molar-refractivity contribution in [2.75, 3.05) is 32.8 Å². The maximum Gasteiger partial charge on any atom is 0.244 e. The molecule has 24 heavy (non-hydrogen) atoms. The average Bonchev–Trinajstić information content (AvgIpc) is 2.88. The van der Waals surface area contributed by atoms with Crippen molar-refractivity contribution in [3.63, 3.8) is 0 Å². The van der Waals surface area contributed by atoms with Crippen molar-refractivity contribution in [2.45, 2.75) is 49.5 Å². The van der Waals surface area contributed by atoms with E-state index >= 15 is 0 Å². The van der Waals surface area contributed by atoms with Crippen LogP contribution in [0.25, 0.3) is 0 Å². The molecule has 0 aromatic carbocycles. The van der Waals surface area contributed by atoms with E-state index in [2.05, 4.69) is 14.7 Å². The van der Waals surface area contributed by atoms with E-state index < -0.39 is 10.0 Å². The number of aromatic nitrogens is 2. The number of morpholine rings is 1. The van der Waals surface area contributed by atoms with Gasteiger partial charge in [-0.3, -0.25) is 9.58 Å². The summed E-state index contributed by atoms with van der Waals surface area (Å²) in [4.78, 5) is 2.62. The zero-order valence-corrected chi connectivity index (χ0v) is 15.4. The fraction of sp³-hybridized carbons (Fsp3) is 0.812. The summed E-state index contributed by atoms with van der Waals surface area (Å²) in [5.41, 5.74) is 0.166. The summed E-state index contributed by atoms with van der Waals surface area (Å²) < 4.78 is 36.0. The number of sulfonamides is 1. The van der Waals surface area contributed by atoms with Crippen molar-refractivity contribution in [3.8, 4) is 0 Å². The van der Waals surface area contributed by atoms with E-state index in [1.165, 1.54) is 6.42 Å². The van der Waals surface area contributed by atoms with Crippen LogP contribution in [0.1, 0.15) is 37.8 Å². The number of nitrogens with one attached hydrogen (secondary N) is 1. The van der Waals surface area contributed by atoms with Crippen LogP contribution in [0.15, 0.2) is 11.1 Å². The van der Waals surface area contributed by atoms with Crippen molar-refractivity contribution >= 4 is 10.0 Å². The minimum Gasteiger partial charge on any atom is -0.379 e. The van der Waals surface area contributed by atoms with Gasteiger partial charge in [0.05, 0.1) is 18.9 Å². The van der Waals surface area contributed by atoms with Gasteiger partial charge in [0.1, 0.15) is 4.90 Å². The van der Waals surface area contributed by atoms with Gasteiger partial charge in [0.25, 0.3) is 0 Å². The molecule has 1 aromatic rings. The van der Waals surface area contributed by atoms with E-state index in [0.717, 1.165) is 58.5 Å². The molecule has 1 aliphatic carbocycles. The molecule has 2 fully saturated rings. The number of ether oxygens (including phenoxy) is 1. The monoisotopic (exact) mass is 356 g/mol. The summed E-state index contributed by atoms with van der Waals surface area (Å²) in [5.74, 6) is 0. The second kappa shape index (κ2) is 7.11. The predicted molar refractivity (Wildman–Crippen MR) is 91.3 cm³/mol. The van der Waals surface area contributed by atoms with Crippen molar-refractivity contribution in [2.24, 2.45) is 7.05 Å². The third kappa shape index (κ3) is 3.99. The highest BCUT2D eigenvalue weighted by Crippen LogP contribution is 2.31. The summed E-state index contributed by atoms with van der Waals surface area (Å²) >= 11 is 0. The maximum atomic E-state index is 13.0. The Bertz CT molecular complexity index is 659. The Morgan fingerprint density at radius 3 is 2.50 bits per heavy atom. The first-order valence-corrected chi connectivity index (χ1v) is 10.2. The van der Waals surface area contributed by atoms with E-state index in [1.807, 2.05) is 0 Å². The Balaban J connectivity index is 1.81.